The molecule has 106 valence electrons. The van der Waals surface area contributed by atoms with Gasteiger partial charge in [-0.1, -0.05) is 30.5 Å². The first kappa shape index (κ1) is 13.5. The maximum Gasteiger partial charge on any atom is 0.227 e. The molecule has 0 saturated carbocycles. The van der Waals surface area contributed by atoms with E-state index in [4.69, 9.17) is 11.6 Å². The summed E-state index contributed by atoms with van der Waals surface area (Å²) in [6.45, 7) is 1.82. The van der Waals surface area contributed by atoms with Crippen molar-refractivity contribution in [2.45, 2.75) is 32.1 Å². The van der Waals surface area contributed by atoms with Crippen LogP contribution in [0.2, 0.25) is 5.02 Å². The Morgan fingerprint density at radius 1 is 1.20 bits per heavy atom. The minimum atomic E-state index is 0.239. The molecule has 1 aliphatic rings. The van der Waals surface area contributed by atoms with Crippen molar-refractivity contribution in [3.63, 3.8) is 0 Å². The summed E-state index contributed by atoms with van der Waals surface area (Å²) < 4.78 is 0. The third-order valence-electron chi connectivity index (χ3n) is 4.03. The summed E-state index contributed by atoms with van der Waals surface area (Å²) in [6, 6.07) is 5.76. The molecule has 3 nitrogen and oxygen atoms in total. The van der Waals surface area contributed by atoms with Crippen molar-refractivity contribution in [3.8, 4) is 0 Å². The Morgan fingerprint density at radius 3 is 2.70 bits per heavy atom. The number of hydrogen-bond acceptors (Lipinski definition) is 1. The van der Waals surface area contributed by atoms with Gasteiger partial charge in [-0.25, -0.2) is 0 Å². The van der Waals surface area contributed by atoms with E-state index in [0.29, 0.717) is 11.4 Å². The number of rotatable bonds is 2. The van der Waals surface area contributed by atoms with E-state index in [1.807, 2.05) is 29.3 Å². The number of carbonyl (C=O) groups excluding carboxylic acids is 1. The van der Waals surface area contributed by atoms with Gasteiger partial charge >= 0.3 is 0 Å². The van der Waals surface area contributed by atoms with E-state index >= 15 is 0 Å². The first-order valence-corrected chi connectivity index (χ1v) is 7.65. The zero-order valence-electron chi connectivity index (χ0n) is 11.5. The van der Waals surface area contributed by atoms with E-state index < -0.39 is 0 Å². The number of aromatic nitrogens is 1. The second-order valence-corrected chi connectivity index (χ2v) is 5.91. The van der Waals surface area contributed by atoms with Gasteiger partial charge in [-0.05, 0) is 30.5 Å². The highest BCUT2D eigenvalue weighted by atomic mass is 35.5. The van der Waals surface area contributed by atoms with Gasteiger partial charge < -0.3 is 9.88 Å². The van der Waals surface area contributed by atoms with Gasteiger partial charge in [0.2, 0.25) is 5.91 Å². The predicted octanol–water partition coefficient (Wildman–Crippen LogP) is 3.77. The highest BCUT2D eigenvalue weighted by Gasteiger charge is 2.17. The standard InChI is InChI=1S/C16H19ClN2O/c17-13-5-6-14-12(11-18-15(14)10-13)9-16(20)19-7-3-1-2-4-8-19/h5-6,10-11,18H,1-4,7-9H2. The largest absolute Gasteiger partial charge is 0.361 e. The molecule has 3 rings (SSSR count). The van der Waals surface area contributed by atoms with Crippen LogP contribution in [0.5, 0.6) is 0 Å². The molecule has 0 aliphatic carbocycles. The van der Waals surface area contributed by atoms with Gasteiger partial charge in [0.25, 0.3) is 0 Å². The third-order valence-corrected chi connectivity index (χ3v) is 4.27. The van der Waals surface area contributed by atoms with Crippen molar-refractivity contribution in [3.05, 3.63) is 35.0 Å². The zero-order valence-corrected chi connectivity index (χ0v) is 12.2. The minimum absolute atomic E-state index is 0.239. The number of amides is 1. The summed E-state index contributed by atoms with van der Waals surface area (Å²) in [5.41, 5.74) is 2.06. The number of H-pyrrole nitrogens is 1. The first-order valence-electron chi connectivity index (χ1n) is 7.27. The molecule has 20 heavy (non-hydrogen) atoms. The van der Waals surface area contributed by atoms with Gasteiger partial charge in [0.05, 0.1) is 6.42 Å². The number of benzene rings is 1. The lowest BCUT2D eigenvalue weighted by molar-refractivity contribution is -0.130. The lowest BCUT2D eigenvalue weighted by Gasteiger charge is -2.20. The molecule has 2 heterocycles. The molecular weight excluding hydrogens is 272 g/mol. The summed E-state index contributed by atoms with van der Waals surface area (Å²) in [4.78, 5) is 17.6. The van der Waals surface area contributed by atoms with E-state index in [-0.39, 0.29) is 5.91 Å². The summed E-state index contributed by atoms with van der Waals surface area (Å²) in [5.74, 6) is 0.239. The molecule has 1 aromatic carbocycles. The normalized spacial score (nSPS) is 16.4. The molecule has 1 aliphatic heterocycles. The Kier molecular flexibility index (Phi) is 3.97. The number of hydrogen-bond donors (Lipinski definition) is 1. The van der Waals surface area contributed by atoms with Crippen molar-refractivity contribution in [1.82, 2.24) is 9.88 Å². The summed E-state index contributed by atoms with van der Waals surface area (Å²) in [6.07, 6.45) is 7.16. The van der Waals surface area contributed by atoms with Crippen molar-refractivity contribution < 1.29 is 4.79 Å². The van der Waals surface area contributed by atoms with Crippen LogP contribution in [0.3, 0.4) is 0 Å². The molecule has 4 heteroatoms. The third kappa shape index (κ3) is 2.83. The molecule has 1 aromatic heterocycles. The van der Waals surface area contributed by atoms with Crippen LogP contribution in [-0.4, -0.2) is 28.9 Å². The van der Waals surface area contributed by atoms with Gasteiger partial charge in [0.1, 0.15) is 0 Å². The van der Waals surface area contributed by atoms with Crippen LogP contribution >= 0.6 is 11.6 Å². The fourth-order valence-electron chi connectivity index (χ4n) is 2.90. The topological polar surface area (TPSA) is 36.1 Å². The molecule has 1 fully saturated rings. The Bertz CT molecular complexity index is 612. The van der Waals surface area contributed by atoms with Crippen LogP contribution in [0.4, 0.5) is 0 Å². The lowest BCUT2D eigenvalue weighted by atomic mass is 10.1. The van der Waals surface area contributed by atoms with E-state index in [1.165, 1.54) is 12.8 Å². The van der Waals surface area contributed by atoms with Gasteiger partial charge in [-0.15, -0.1) is 0 Å². The number of carbonyl (C=O) groups is 1. The number of nitrogens with zero attached hydrogens (tertiary/aromatic N) is 1. The smallest absolute Gasteiger partial charge is 0.227 e. The van der Waals surface area contributed by atoms with Crippen molar-refractivity contribution in [2.75, 3.05) is 13.1 Å². The Balaban J connectivity index is 1.76. The fourth-order valence-corrected chi connectivity index (χ4v) is 3.07. The number of halogens is 1. The maximum absolute atomic E-state index is 12.4. The predicted molar refractivity (Wildman–Crippen MR) is 82.1 cm³/mol. The summed E-state index contributed by atoms with van der Waals surface area (Å²) >= 11 is 5.98. The van der Waals surface area contributed by atoms with Crippen molar-refractivity contribution >= 4 is 28.4 Å². The molecule has 0 unspecified atom stereocenters. The van der Waals surface area contributed by atoms with Crippen molar-refractivity contribution in [1.29, 1.82) is 0 Å². The molecule has 1 N–H and O–H groups in total. The van der Waals surface area contributed by atoms with Crippen LogP contribution < -0.4 is 0 Å². The van der Waals surface area contributed by atoms with Crippen molar-refractivity contribution in [2.24, 2.45) is 0 Å². The van der Waals surface area contributed by atoms with Gasteiger partial charge in [-0.3, -0.25) is 4.79 Å². The molecule has 0 atom stereocenters. The van der Waals surface area contributed by atoms with E-state index in [9.17, 15) is 4.79 Å². The van der Waals surface area contributed by atoms with E-state index in [0.717, 1.165) is 42.4 Å². The van der Waals surface area contributed by atoms with Gasteiger partial charge in [0, 0.05) is 35.2 Å². The van der Waals surface area contributed by atoms with Crippen LogP contribution in [0, 0.1) is 0 Å². The lowest BCUT2D eigenvalue weighted by Crippen LogP contribution is -2.33. The molecule has 0 spiro atoms. The van der Waals surface area contributed by atoms with Gasteiger partial charge in [-0.2, -0.15) is 0 Å². The van der Waals surface area contributed by atoms with E-state index in [2.05, 4.69) is 4.98 Å². The number of nitrogens with one attached hydrogen (secondary N) is 1. The molecule has 0 bridgehead atoms. The number of likely N-dealkylation sites (tertiary alicyclic amines) is 1. The van der Waals surface area contributed by atoms with Gasteiger partial charge in [0.15, 0.2) is 0 Å². The SMILES string of the molecule is O=C(Cc1c[nH]c2cc(Cl)ccc12)N1CCCCCC1. The highest BCUT2D eigenvalue weighted by molar-refractivity contribution is 6.31. The second-order valence-electron chi connectivity index (χ2n) is 5.48. The number of aromatic amines is 1. The summed E-state index contributed by atoms with van der Waals surface area (Å²) in [5, 5.41) is 1.81. The van der Waals surface area contributed by atoms with Crippen LogP contribution in [0.1, 0.15) is 31.2 Å². The molecule has 1 amide bonds. The molecule has 0 radical (unpaired) electrons. The van der Waals surface area contributed by atoms with Crippen LogP contribution in [0.15, 0.2) is 24.4 Å². The maximum atomic E-state index is 12.4. The Morgan fingerprint density at radius 2 is 1.95 bits per heavy atom. The molecular formula is C16H19ClN2O. The minimum Gasteiger partial charge on any atom is -0.361 e. The Hall–Kier alpha value is -1.48. The average molecular weight is 291 g/mol. The summed E-state index contributed by atoms with van der Waals surface area (Å²) in [7, 11) is 0. The fraction of sp³-hybridized carbons (Fsp3) is 0.438. The average Bonchev–Trinajstić information content (AvgIpc) is 2.66. The quantitative estimate of drug-likeness (QED) is 0.898. The number of fused-ring (bicyclic) bond motifs is 1. The van der Waals surface area contributed by atoms with Crippen LogP contribution in [-0.2, 0) is 11.2 Å². The molecule has 1 saturated heterocycles. The van der Waals surface area contributed by atoms with Crippen LogP contribution in [0.25, 0.3) is 10.9 Å². The Labute approximate surface area is 123 Å². The first-order chi connectivity index (χ1) is 9.74. The zero-order chi connectivity index (χ0) is 13.9. The monoisotopic (exact) mass is 290 g/mol. The highest BCUT2D eigenvalue weighted by Crippen LogP contribution is 2.23. The second kappa shape index (κ2) is 5.88. The molecule has 2 aromatic rings. The van der Waals surface area contributed by atoms with E-state index in [1.54, 1.807) is 0 Å².